The second-order valence-electron chi connectivity index (χ2n) is 6.95. The van der Waals surface area contributed by atoms with Crippen molar-refractivity contribution >= 4 is 11.8 Å². The maximum Gasteiger partial charge on any atom is 0.228 e. The Morgan fingerprint density at radius 2 is 1.95 bits per heavy atom. The summed E-state index contributed by atoms with van der Waals surface area (Å²) in [7, 11) is 0. The normalized spacial score (nSPS) is 28.9. The predicted octanol–water partition coefficient (Wildman–Crippen LogP) is 2.03. The highest BCUT2D eigenvalue weighted by Crippen LogP contribution is 2.29. The predicted molar refractivity (Wildman–Crippen MR) is 74.6 cm³/mol. The van der Waals surface area contributed by atoms with Gasteiger partial charge in [0.25, 0.3) is 0 Å². The number of amides is 2. The van der Waals surface area contributed by atoms with Gasteiger partial charge in [-0.25, -0.2) is 0 Å². The highest BCUT2D eigenvalue weighted by atomic mass is 16.2. The van der Waals surface area contributed by atoms with E-state index in [1.807, 2.05) is 30.6 Å². The molecule has 0 N–H and O–H groups in total. The van der Waals surface area contributed by atoms with Crippen LogP contribution in [0, 0.1) is 5.92 Å². The lowest BCUT2D eigenvalue weighted by Crippen LogP contribution is -2.47. The molecule has 2 amide bonds. The molecular formula is C15H26N2O2. The number of hydrogen-bond donors (Lipinski definition) is 0. The van der Waals surface area contributed by atoms with Crippen molar-refractivity contribution in [2.24, 2.45) is 5.92 Å². The van der Waals surface area contributed by atoms with Gasteiger partial charge >= 0.3 is 0 Å². The van der Waals surface area contributed by atoms with Crippen LogP contribution in [-0.2, 0) is 9.59 Å². The maximum atomic E-state index is 12.6. The molecule has 2 atom stereocenters. The zero-order valence-corrected chi connectivity index (χ0v) is 12.6. The second kappa shape index (κ2) is 5.14. The zero-order chi connectivity index (χ0) is 14.2. The van der Waals surface area contributed by atoms with Gasteiger partial charge in [-0.15, -0.1) is 0 Å². The van der Waals surface area contributed by atoms with Crippen molar-refractivity contribution in [2.45, 2.75) is 65.0 Å². The van der Waals surface area contributed by atoms with Crippen molar-refractivity contribution < 1.29 is 9.59 Å². The van der Waals surface area contributed by atoms with Gasteiger partial charge in [0.15, 0.2) is 0 Å². The molecule has 2 heterocycles. The molecule has 4 heteroatoms. The summed E-state index contributed by atoms with van der Waals surface area (Å²) in [4.78, 5) is 28.5. The minimum atomic E-state index is -0.181. The van der Waals surface area contributed by atoms with E-state index in [0.717, 1.165) is 19.4 Å². The van der Waals surface area contributed by atoms with Crippen molar-refractivity contribution in [3.63, 3.8) is 0 Å². The molecule has 0 saturated carbocycles. The van der Waals surface area contributed by atoms with E-state index in [-0.39, 0.29) is 23.3 Å². The molecule has 108 valence electrons. The van der Waals surface area contributed by atoms with Crippen molar-refractivity contribution in [3.05, 3.63) is 0 Å². The van der Waals surface area contributed by atoms with Crippen LogP contribution in [0.2, 0.25) is 0 Å². The molecule has 0 aromatic rings. The molecule has 4 nitrogen and oxygen atoms in total. The molecular weight excluding hydrogens is 240 g/mol. The van der Waals surface area contributed by atoms with E-state index in [9.17, 15) is 9.59 Å². The Hall–Kier alpha value is -1.06. The summed E-state index contributed by atoms with van der Waals surface area (Å²) < 4.78 is 0. The van der Waals surface area contributed by atoms with Crippen LogP contribution in [0.5, 0.6) is 0 Å². The van der Waals surface area contributed by atoms with Crippen molar-refractivity contribution in [3.8, 4) is 0 Å². The maximum absolute atomic E-state index is 12.6. The summed E-state index contributed by atoms with van der Waals surface area (Å²) in [6, 6.07) is 0.333. The third-order valence-corrected chi connectivity index (χ3v) is 4.37. The molecule has 0 spiro atoms. The number of nitrogens with zero attached hydrogens (tertiary/aromatic N) is 2. The average molecular weight is 266 g/mol. The largest absolute Gasteiger partial charge is 0.340 e. The van der Waals surface area contributed by atoms with Crippen LogP contribution in [0.3, 0.4) is 0 Å². The first kappa shape index (κ1) is 14.4. The summed E-state index contributed by atoms with van der Waals surface area (Å²) in [6.07, 6.45) is 3.79. The second-order valence-corrected chi connectivity index (χ2v) is 6.95. The van der Waals surface area contributed by atoms with Crippen LogP contribution < -0.4 is 0 Å². The summed E-state index contributed by atoms with van der Waals surface area (Å²) >= 11 is 0. The zero-order valence-electron chi connectivity index (χ0n) is 12.6. The van der Waals surface area contributed by atoms with Gasteiger partial charge in [0.1, 0.15) is 0 Å². The smallest absolute Gasteiger partial charge is 0.228 e. The fourth-order valence-electron chi connectivity index (χ4n) is 3.18. The van der Waals surface area contributed by atoms with E-state index in [1.165, 1.54) is 6.42 Å². The molecule has 0 aromatic carbocycles. The van der Waals surface area contributed by atoms with Gasteiger partial charge in [-0.2, -0.15) is 0 Å². The topological polar surface area (TPSA) is 40.6 Å². The van der Waals surface area contributed by atoms with Crippen LogP contribution >= 0.6 is 0 Å². The minimum Gasteiger partial charge on any atom is -0.340 e. The van der Waals surface area contributed by atoms with Gasteiger partial charge in [0.05, 0.1) is 5.92 Å². The first-order valence-corrected chi connectivity index (χ1v) is 7.41. The summed E-state index contributed by atoms with van der Waals surface area (Å²) in [5.41, 5.74) is -0.181. The molecule has 2 aliphatic rings. The van der Waals surface area contributed by atoms with Gasteiger partial charge in [0.2, 0.25) is 11.8 Å². The third kappa shape index (κ3) is 2.93. The first-order chi connectivity index (χ1) is 8.80. The number of piperidine rings is 1. The Kier molecular flexibility index (Phi) is 3.88. The summed E-state index contributed by atoms with van der Waals surface area (Å²) in [6.45, 7) is 9.66. The van der Waals surface area contributed by atoms with Crippen molar-refractivity contribution in [1.82, 2.24) is 9.80 Å². The number of rotatable bonds is 1. The molecule has 0 aromatic heterocycles. The fraction of sp³-hybridized carbons (Fsp3) is 0.867. The number of hydrogen-bond acceptors (Lipinski definition) is 2. The van der Waals surface area contributed by atoms with Gasteiger partial charge in [0, 0.05) is 31.1 Å². The Bertz CT molecular complexity index is 373. The van der Waals surface area contributed by atoms with E-state index in [4.69, 9.17) is 0 Å². The standard InChI is InChI=1S/C15H26N2O2/c1-11-7-5-6-8-16(11)14(19)12-9-13(18)17(10-12)15(2,3)4/h11-12H,5-10H2,1-4H3/t11-,12+/m0/s1. The Balaban J connectivity index is 2.03. The lowest BCUT2D eigenvalue weighted by Gasteiger charge is -2.36. The summed E-state index contributed by atoms with van der Waals surface area (Å²) in [5.74, 6) is 0.176. The minimum absolute atomic E-state index is 0.121. The Labute approximate surface area is 116 Å². The highest BCUT2D eigenvalue weighted by molar-refractivity contribution is 5.89. The van der Waals surface area contributed by atoms with Crippen LogP contribution in [0.15, 0.2) is 0 Å². The van der Waals surface area contributed by atoms with Crippen LogP contribution in [0.1, 0.15) is 53.4 Å². The lowest BCUT2D eigenvalue weighted by molar-refractivity contribution is -0.139. The monoisotopic (exact) mass is 266 g/mol. The van der Waals surface area contributed by atoms with Crippen molar-refractivity contribution in [2.75, 3.05) is 13.1 Å². The van der Waals surface area contributed by atoms with Crippen LogP contribution in [0.4, 0.5) is 0 Å². The van der Waals surface area contributed by atoms with Crippen LogP contribution in [-0.4, -0.2) is 46.3 Å². The lowest BCUT2D eigenvalue weighted by atomic mass is 9.99. The molecule has 2 aliphatic heterocycles. The van der Waals surface area contributed by atoms with E-state index >= 15 is 0 Å². The molecule has 0 unspecified atom stereocenters. The van der Waals surface area contributed by atoms with E-state index < -0.39 is 0 Å². The number of carbonyl (C=O) groups is 2. The summed E-state index contributed by atoms with van der Waals surface area (Å²) in [5, 5.41) is 0. The third-order valence-electron chi connectivity index (χ3n) is 4.37. The van der Waals surface area contributed by atoms with E-state index in [1.54, 1.807) is 0 Å². The number of likely N-dealkylation sites (tertiary alicyclic amines) is 2. The molecule has 0 bridgehead atoms. The van der Waals surface area contributed by atoms with Crippen LogP contribution in [0.25, 0.3) is 0 Å². The van der Waals surface area contributed by atoms with Gasteiger partial charge < -0.3 is 9.80 Å². The Morgan fingerprint density at radius 1 is 1.26 bits per heavy atom. The van der Waals surface area contributed by atoms with E-state index in [0.29, 0.717) is 19.0 Å². The first-order valence-electron chi connectivity index (χ1n) is 7.41. The van der Waals surface area contributed by atoms with Gasteiger partial charge in [-0.05, 0) is 47.0 Å². The molecule has 19 heavy (non-hydrogen) atoms. The molecule has 2 rings (SSSR count). The molecule has 0 aliphatic carbocycles. The fourth-order valence-corrected chi connectivity index (χ4v) is 3.18. The van der Waals surface area contributed by atoms with Gasteiger partial charge in [-0.3, -0.25) is 9.59 Å². The average Bonchev–Trinajstić information content (AvgIpc) is 2.71. The number of carbonyl (C=O) groups excluding carboxylic acids is 2. The van der Waals surface area contributed by atoms with Crippen molar-refractivity contribution in [1.29, 1.82) is 0 Å². The Morgan fingerprint density at radius 3 is 2.47 bits per heavy atom. The SMILES string of the molecule is C[C@H]1CCCCN1C(=O)[C@@H]1CC(=O)N(C(C)(C)C)C1. The van der Waals surface area contributed by atoms with Gasteiger partial charge in [-0.1, -0.05) is 0 Å². The molecule has 2 fully saturated rings. The molecule has 2 saturated heterocycles. The molecule has 0 radical (unpaired) electrons. The quantitative estimate of drug-likeness (QED) is 0.728. The van der Waals surface area contributed by atoms with E-state index in [2.05, 4.69) is 6.92 Å². The highest BCUT2D eigenvalue weighted by Gasteiger charge is 2.41.